The first-order valence-electron chi connectivity index (χ1n) is 7.35. The van der Waals surface area contributed by atoms with Gasteiger partial charge < -0.3 is 10.2 Å². The van der Waals surface area contributed by atoms with Crippen molar-refractivity contribution in [3.05, 3.63) is 22.4 Å². The predicted molar refractivity (Wildman–Crippen MR) is 78.1 cm³/mol. The maximum atomic E-state index is 3.88. The monoisotopic (exact) mass is 264 g/mol. The van der Waals surface area contributed by atoms with Gasteiger partial charge in [-0.15, -0.1) is 11.3 Å². The van der Waals surface area contributed by atoms with Gasteiger partial charge in [-0.05, 0) is 63.1 Å². The number of nitrogens with one attached hydrogen (secondary N) is 1. The third kappa shape index (κ3) is 3.14. The summed E-state index contributed by atoms with van der Waals surface area (Å²) in [6.45, 7) is 6.17. The van der Waals surface area contributed by atoms with E-state index in [0.29, 0.717) is 12.1 Å². The Morgan fingerprint density at radius 3 is 2.78 bits per heavy atom. The average Bonchev–Trinajstić information content (AvgIpc) is 2.85. The molecule has 1 aliphatic heterocycles. The number of nitrogens with zero attached hydrogens (tertiary/aromatic N) is 1. The Balaban J connectivity index is 1.55. The van der Waals surface area contributed by atoms with Crippen LogP contribution in [0.2, 0.25) is 0 Å². The van der Waals surface area contributed by atoms with Crippen LogP contribution in [-0.4, -0.2) is 30.6 Å². The fourth-order valence-electron chi connectivity index (χ4n) is 3.06. The third-order valence-corrected chi connectivity index (χ3v) is 5.09. The molecule has 2 nitrogen and oxygen atoms in total. The van der Waals surface area contributed by atoms with Crippen molar-refractivity contribution in [2.45, 2.75) is 44.7 Å². The Labute approximate surface area is 114 Å². The van der Waals surface area contributed by atoms with E-state index in [4.69, 9.17) is 0 Å². The smallest absolute Gasteiger partial charge is 0.0445 e. The maximum Gasteiger partial charge on any atom is 0.0445 e. The SMILES string of the molecule is CC(CN1CCCC1)NC(c1cccs1)C1CC1. The van der Waals surface area contributed by atoms with Crippen LogP contribution in [0.15, 0.2) is 17.5 Å². The van der Waals surface area contributed by atoms with Gasteiger partial charge in [-0.2, -0.15) is 0 Å². The molecule has 18 heavy (non-hydrogen) atoms. The summed E-state index contributed by atoms with van der Waals surface area (Å²) in [5.74, 6) is 0.893. The van der Waals surface area contributed by atoms with E-state index in [0.717, 1.165) is 5.92 Å². The van der Waals surface area contributed by atoms with Crippen molar-refractivity contribution in [2.75, 3.05) is 19.6 Å². The zero-order valence-corrected chi connectivity index (χ0v) is 12.1. The van der Waals surface area contributed by atoms with Crippen molar-refractivity contribution in [1.29, 1.82) is 0 Å². The summed E-state index contributed by atoms with van der Waals surface area (Å²) in [6.07, 6.45) is 5.60. The number of likely N-dealkylation sites (tertiary alicyclic amines) is 1. The normalized spacial score (nSPS) is 24.3. The zero-order chi connectivity index (χ0) is 12.4. The van der Waals surface area contributed by atoms with Crippen LogP contribution in [0.4, 0.5) is 0 Å². The first-order valence-corrected chi connectivity index (χ1v) is 8.22. The van der Waals surface area contributed by atoms with E-state index in [1.54, 1.807) is 0 Å². The third-order valence-electron chi connectivity index (χ3n) is 4.14. The molecular weight excluding hydrogens is 240 g/mol. The Morgan fingerprint density at radius 1 is 1.39 bits per heavy atom. The van der Waals surface area contributed by atoms with Crippen LogP contribution >= 0.6 is 11.3 Å². The summed E-state index contributed by atoms with van der Waals surface area (Å²) in [5, 5.41) is 6.08. The summed E-state index contributed by atoms with van der Waals surface area (Å²) in [7, 11) is 0. The van der Waals surface area contributed by atoms with Crippen LogP contribution in [0.25, 0.3) is 0 Å². The van der Waals surface area contributed by atoms with Gasteiger partial charge in [0.1, 0.15) is 0 Å². The standard InChI is InChI=1S/C15H24N2S/c1-12(11-17-8-2-3-9-17)16-15(13-6-7-13)14-5-4-10-18-14/h4-5,10,12-13,15-16H,2-3,6-9,11H2,1H3. The Bertz CT molecular complexity index is 353. The highest BCUT2D eigenvalue weighted by Crippen LogP contribution is 2.42. The number of hydrogen-bond donors (Lipinski definition) is 1. The topological polar surface area (TPSA) is 15.3 Å². The van der Waals surface area contributed by atoms with Gasteiger partial charge in [-0.25, -0.2) is 0 Å². The number of rotatable bonds is 6. The minimum absolute atomic E-state index is 0.607. The molecule has 100 valence electrons. The Morgan fingerprint density at radius 2 is 2.17 bits per heavy atom. The molecule has 2 atom stereocenters. The van der Waals surface area contributed by atoms with Crippen LogP contribution < -0.4 is 5.32 Å². The lowest BCUT2D eigenvalue weighted by atomic mass is 10.1. The van der Waals surface area contributed by atoms with Gasteiger partial charge in [0.2, 0.25) is 0 Å². The second-order valence-electron chi connectivity index (χ2n) is 5.91. The molecule has 2 fully saturated rings. The lowest BCUT2D eigenvalue weighted by molar-refractivity contribution is 0.281. The molecule has 2 unspecified atom stereocenters. The second-order valence-corrected chi connectivity index (χ2v) is 6.89. The van der Waals surface area contributed by atoms with Gasteiger partial charge in [0.25, 0.3) is 0 Å². The summed E-state index contributed by atoms with van der Waals surface area (Å²) in [6, 6.07) is 5.70. The van der Waals surface area contributed by atoms with Gasteiger partial charge in [0.15, 0.2) is 0 Å². The summed E-state index contributed by atoms with van der Waals surface area (Å²) >= 11 is 1.91. The molecule has 1 aliphatic carbocycles. The highest BCUT2D eigenvalue weighted by Gasteiger charge is 2.33. The van der Waals surface area contributed by atoms with Crippen LogP contribution in [0.1, 0.15) is 43.5 Å². The highest BCUT2D eigenvalue weighted by molar-refractivity contribution is 7.10. The molecule has 1 saturated heterocycles. The minimum Gasteiger partial charge on any atom is -0.305 e. The number of hydrogen-bond acceptors (Lipinski definition) is 3. The van der Waals surface area contributed by atoms with Gasteiger partial charge in [-0.1, -0.05) is 6.07 Å². The van der Waals surface area contributed by atoms with Crippen LogP contribution in [0.5, 0.6) is 0 Å². The van der Waals surface area contributed by atoms with Crippen LogP contribution in [0, 0.1) is 5.92 Å². The van der Waals surface area contributed by atoms with E-state index < -0.39 is 0 Å². The molecular formula is C15H24N2S. The molecule has 1 aromatic rings. The first-order chi connectivity index (χ1) is 8.83. The van der Waals surface area contributed by atoms with E-state index in [-0.39, 0.29) is 0 Å². The van der Waals surface area contributed by atoms with E-state index in [9.17, 15) is 0 Å². The molecule has 1 saturated carbocycles. The van der Waals surface area contributed by atoms with Crippen molar-refractivity contribution in [2.24, 2.45) is 5.92 Å². The molecule has 0 aromatic carbocycles. The molecule has 2 heterocycles. The molecule has 0 radical (unpaired) electrons. The zero-order valence-electron chi connectivity index (χ0n) is 11.3. The largest absolute Gasteiger partial charge is 0.305 e. The first kappa shape index (κ1) is 12.6. The van der Waals surface area contributed by atoms with Crippen LogP contribution in [-0.2, 0) is 0 Å². The molecule has 0 spiro atoms. The Kier molecular flexibility index (Phi) is 4.02. The van der Waals surface area contributed by atoms with Crippen molar-refractivity contribution in [3.63, 3.8) is 0 Å². The maximum absolute atomic E-state index is 3.88. The lowest BCUT2D eigenvalue weighted by Crippen LogP contribution is -2.40. The fourth-order valence-corrected chi connectivity index (χ4v) is 3.94. The molecule has 2 aliphatic rings. The number of thiophene rings is 1. The molecule has 3 heteroatoms. The van der Waals surface area contributed by atoms with E-state index in [1.807, 2.05) is 11.3 Å². The molecule has 0 amide bonds. The van der Waals surface area contributed by atoms with Gasteiger partial charge in [0, 0.05) is 23.5 Å². The van der Waals surface area contributed by atoms with Crippen molar-refractivity contribution >= 4 is 11.3 Å². The van der Waals surface area contributed by atoms with Crippen LogP contribution in [0.3, 0.4) is 0 Å². The lowest BCUT2D eigenvalue weighted by Gasteiger charge is -2.26. The Hall–Kier alpha value is -0.380. The van der Waals surface area contributed by atoms with E-state index in [2.05, 4.69) is 34.7 Å². The average molecular weight is 264 g/mol. The summed E-state index contributed by atoms with van der Waals surface area (Å²) in [5.41, 5.74) is 0. The highest BCUT2D eigenvalue weighted by atomic mass is 32.1. The second kappa shape index (κ2) is 5.72. The van der Waals surface area contributed by atoms with E-state index in [1.165, 1.54) is 50.2 Å². The fraction of sp³-hybridized carbons (Fsp3) is 0.733. The van der Waals surface area contributed by atoms with E-state index >= 15 is 0 Å². The van der Waals surface area contributed by atoms with Crippen molar-refractivity contribution in [3.8, 4) is 0 Å². The predicted octanol–water partition coefficient (Wildman–Crippen LogP) is 3.27. The van der Waals surface area contributed by atoms with Gasteiger partial charge >= 0.3 is 0 Å². The summed E-state index contributed by atoms with van der Waals surface area (Å²) < 4.78 is 0. The van der Waals surface area contributed by atoms with Gasteiger partial charge in [-0.3, -0.25) is 0 Å². The van der Waals surface area contributed by atoms with Gasteiger partial charge in [0.05, 0.1) is 0 Å². The molecule has 3 rings (SSSR count). The summed E-state index contributed by atoms with van der Waals surface area (Å²) in [4.78, 5) is 4.14. The molecule has 0 bridgehead atoms. The quantitative estimate of drug-likeness (QED) is 0.848. The minimum atomic E-state index is 0.607. The molecule has 1 aromatic heterocycles. The van der Waals surface area contributed by atoms with Crippen molar-refractivity contribution < 1.29 is 0 Å². The molecule has 1 N–H and O–H groups in total. The van der Waals surface area contributed by atoms with Crippen molar-refractivity contribution in [1.82, 2.24) is 10.2 Å².